The average molecular weight is 348 g/mol. The van der Waals surface area contributed by atoms with Gasteiger partial charge < -0.3 is 13.9 Å². The molecule has 1 aromatic heterocycles. The van der Waals surface area contributed by atoms with Gasteiger partial charge in [0, 0.05) is 5.57 Å². The summed E-state index contributed by atoms with van der Waals surface area (Å²) in [5, 5.41) is 0. The van der Waals surface area contributed by atoms with Gasteiger partial charge >= 0.3 is 18.7 Å². The maximum absolute atomic E-state index is 12.3. The Morgan fingerprint density at radius 2 is 1.78 bits per heavy atom. The largest absolute Gasteiger partial charge is 0.573 e. The molecule has 0 amide bonds. The van der Waals surface area contributed by atoms with Crippen LogP contribution in [0.5, 0.6) is 0 Å². The number of halogens is 6. The van der Waals surface area contributed by atoms with Gasteiger partial charge in [-0.1, -0.05) is 0 Å². The first-order valence-corrected chi connectivity index (χ1v) is 5.88. The standard InChI is InChI=1S/C12H10F6O5/c1-7(8-3-2-4-20-8)9(23-12(16,17)18)10(19)21-5-6-22-11(13,14)15/h2-4H,5-6H2,1H3/b9-7-. The lowest BCUT2D eigenvalue weighted by atomic mass is 10.2. The molecule has 5 nitrogen and oxygen atoms in total. The zero-order valence-corrected chi connectivity index (χ0v) is 11.5. The van der Waals surface area contributed by atoms with Crippen LogP contribution in [0.4, 0.5) is 26.3 Å². The van der Waals surface area contributed by atoms with Crippen molar-refractivity contribution in [2.24, 2.45) is 0 Å². The molecule has 0 aliphatic rings. The molecule has 0 spiro atoms. The lowest BCUT2D eigenvalue weighted by molar-refractivity contribution is -0.326. The molecule has 0 saturated heterocycles. The van der Waals surface area contributed by atoms with Crippen LogP contribution in [0.3, 0.4) is 0 Å². The van der Waals surface area contributed by atoms with Gasteiger partial charge in [-0.15, -0.1) is 26.3 Å². The Morgan fingerprint density at radius 3 is 2.26 bits per heavy atom. The van der Waals surface area contributed by atoms with E-state index in [-0.39, 0.29) is 11.3 Å². The molecule has 0 radical (unpaired) electrons. The summed E-state index contributed by atoms with van der Waals surface area (Å²) in [6.45, 7) is -0.907. The van der Waals surface area contributed by atoms with Crippen LogP contribution in [0.1, 0.15) is 12.7 Å². The Kier molecular flexibility index (Phi) is 6.07. The molecular weight excluding hydrogens is 338 g/mol. The smallest absolute Gasteiger partial charge is 0.465 e. The van der Waals surface area contributed by atoms with Crippen molar-refractivity contribution < 1.29 is 49.8 Å². The highest BCUT2D eigenvalue weighted by Crippen LogP contribution is 2.27. The second kappa shape index (κ2) is 7.40. The molecule has 0 N–H and O–H groups in total. The molecular formula is C12H10F6O5. The monoisotopic (exact) mass is 348 g/mol. The van der Waals surface area contributed by atoms with Crippen LogP contribution in [-0.4, -0.2) is 31.9 Å². The number of alkyl halides is 6. The summed E-state index contributed by atoms with van der Waals surface area (Å²) < 4.78 is 88.2. The van der Waals surface area contributed by atoms with E-state index in [0.717, 1.165) is 13.2 Å². The third kappa shape index (κ3) is 7.08. The van der Waals surface area contributed by atoms with Crippen LogP contribution >= 0.6 is 0 Å². The fourth-order valence-corrected chi connectivity index (χ4v) is 1.35. The van der Waals surface area contributed by atoms with E-state index in [1.807, 2.05) is 0 Å². The zero-order chi connectivity index (χ0) is 17.7. The van der Waals surface area contributed by atoms with E-state index in [1.165, 1.54) is 12.1 Å². The quantitative estimate of drug-likeness (QED) is 0.258. The summed E-state index contributed by atoms with van der Waals surface area (Å²) in [4.78, 5) is 11.6. The maximum Gasteiger partial charge on any atom is 0.573 e. The predicted octanol–water partition coefficient (Wildman–Crippen LogP) is 3.63. The van der Waals surface area contributed by atoms with Crippen LogP contribution in [0.25, 0.3) is 5.57 Å². The van der Waals surface area contributed by atoms with Crippen LogP contribution in [-0.2, 0) is 19.0 Å². The first-order chi connectivity index (χ1) is 10.5. The number of hydrogen-bond acceptors (Lipinski definition) is 5. The molecule has 11 heteroatoms. The first-order valence-electron chi connectivity index (χ1n) is 5.88. The van der Waals surface area contributed by atoms with Crippen LogP contribution < -0.4 is 0 Å². The molecule has 1 heterocycles. The van der Waals surface area contributed by atoms with E-state index in [2.05, 4.69) is 14.2 Å². The number of allylic oxidation sites excluding steroid dienone is 1. The van der Waals surface area contributed by atoms with Crippen molar-refractivity contribution in [1.29, 1.82) is 0 Å². The minimum Gasteiger partial charge on any atom is -0.465 e. The van der Waals surface area contributed by atoms with E-state index < -0.39 is 37.7 Å². The van der Waals surface area contributed by atoms with Crippen molar-refractivity contribution in [2.45, 2.75) is 19.6 Å². The van der Waals surface area contributed by atoms with Gasteiger partial charge in [0.15, 0.2) is 0 Å². The highest BCUT2D eigenvalue weighted by molar-refractivity contribution is 5.94. The number of hydrogen-bond donors (Lipinski definition) is 0. The van der Waals surface area contributed by atoms with Crippen LogP contribution in [0.2, 0.25) is 0 Å². The third-order valence-electron chi connectivity index (χ3n) is 2.22. The fraction of sp³-hybridized carbons (Fsp3) is 0.417. The number of carbonyl (C=O) groups is 1. The average Bonchev–Trinajstić information content (AvgIpc) is 2.92. The molecule has 0 aromatic carbocycles. The fourth-order valence-electron chi connectivity index (χ4n) is 1.35. The predicted molar refractivity (Wildman–Crippen MR) is 61.4 cm³/mol. The van der Waals surface area contributed by atoms with Gasteiger partial charge in [-0.3, -0.25) is 4.74 Å². The molecule has 23 heavy (non-hydrogen) atoms. The zero-order valence-electron chi connectivity index (χ0n) is 11.5. The third-order valence-corrected chi connectivity index (χ3v) is 2.22. The van der Waals surface area contributed by atoms with E-state index >= 15 is 0 Å². The number of furan rings is 1. The Balaban J connectivity index is 2.80. The van der Waals surface area contributed by atoms with Gasteiger partial charge in [0.1, 0.15) is 12.4 Å². The van der Waals surface area contributed by atoms with Gasteiger partial charge in [0.05, 0.1) is 12.9 Å². The molecule has 0 atom stereocenters. The molecule has 0 saturated carbocycles. The number of rotatable bonds is 6. The highest BCUT2D eigenvalue weighted by atomic mass is 19.4. The number of esters is 1. The topological polar surface area (TPSA) is 57.9 Å². The normalized spacial score (nSPS) is 13.5. The van der Waals surface area contributed by atoms with Crippen molar-refractivity contribution in [1.82, 2.24) is 0 Å². The van der Waals surface area contributed by atoms with Crippen molar-refractivity contribution in [2.75, 3.05) is 13.2 Å². The van der Waals surface area contributed by atoms with E-state index in [0.29, 0.717) is 0 Å². The second-order valence-electron chi connectivity index (χ2n) is 3.91. The SMILES string of the molecule is C/C(=C(/OC(F)(F)F)C(=O)OCCOC(F)(F)F)c1ccco1. The summed E-state index contributed by atoms with van der Waals surface area (Å²) in [6, 6.07) is 2.61. The van der Waals surface area contributed by atoms with Crippen molar-refractivity contribution in [3.05, 3.63) is 29.9 Å². The van der Waals surface area contributed by atoms with Crippen molar-refractivity contribution in [3.8, 4) is 0 Å². The Labute approximate surface area is 125 Å². The van der Waals surface area contributed by atoms with Crippen molar-refractivity contribution in [3.63, 3.8) is 0 Å². The lowest BCUT2D eigenvalue weighted by Gasteiger charge is -2.14. The van der Waals surface area contributed by atoms with Crippen LogP contribution in [0, 0.1) is 0 Å². The summed E-state index contributed by atoms with van der Waals surface area (Å²) in [5.41, 5.74) is -0.339. The maximum atomic E-state index is 12.3. The summed E-state index contributed by atoms with van der Waals surface area (Å²) >= 11 is 0. The van der Waals surface area contributed by atoms with Gasteiger partial charge in [0.2, 0.25) is 5.76 Å². The molecule has 1 aromatic rings. The first kappa shape index (κ1) is 18.9. The Bertz CT molecular complexity index is 543. The lowest BCUT2D eigenvalue weighted by Crippen LogP contribution is -2.23. The summed E-state index contributed by atoms with van der Waals surface area (Å²) in [5.74, 6) is -2.96. The summed E-state index contributed by atoms with van der Waals surface area (Å²) in [6.07, 6.45) is -9.01. The van der Waals surface area contributed by atoms with Crippen LogP contribution in [0.15, 0.2) is 28.6 Å². The van der Waals surface area contributed by atoms with Gasteiger partial charge in [-0.2, -0.15) is 0 Å². The van der Waals surface area contributed by atoms with Gasteiger partial charge in [-0.25, -0.2) is 4.79 Å². The molecule has 130 valence electrons. The van der Waals surface area contributed by atoms with Gasteiger partial charge in [-0.05, 0) is 19.1 Å². The molecule has 0 fully saturated rings. The number of ether oxygens (including phenoxy) is 3. The van der Waals surface area contributed by atoms with E-state index in [4.69, 9.17) is 4.42 Å². The Hall–Kier alpha value is -2.17. The molecule has 0 bridgehead atoms. The van der Waals surface area contributed by atoms with Crippen molar-refractivity contribution >= 4 is 11.5 Å². The van der Waals surface area contributed by atoms with E-state index in [9.17, 15) is 31.1 Å². The molecule has 0 aliphatic carbocycles. The molecule has 1 rings (SSSR count). The van der Waals surface area contributed by atoms with E-state index in [1.54, 1.807) is 0 Å². The summed E-state index contributed by atoms with van der Waals surface area (Å²) in [7, 11) is 0. The Morgan fingerprint density at radius 1 is 1.13 bits per heavy atom. The highest BCUT2D eigenvalue weighted by Gasteiger charge is 2.36. The minimum absolute atomic E-state index is 0.104. The second-order valence-corrected chi connectivity index (χ2v) is 3.91. The molecule has 0 aliphatic heterocycles. The number of carbonyl (C=O) groups excluding carboxylic acids is 1. The van der Waals surface area contributed by atoms with Gasteiger partial charge in [0.25, 0.3) is 0 Å². The molecule has 0 unspecified atom stereocenters. The minimum atomic E-state index is -5.20.